The van der Waals surface area contributed by atoms with Crippen molar-refractivity contribution in [2.24, 2.45) is 0 Å². The van der Waals surface area contributed by atoms with Crippen molar-refractivity contribution in [2.75, 3.05) is 6.54 Å². The van der Waals surface area contributed by atoms with Gasteiger partial charge in [0.25, 0.3) is 0 Å². The van der Waals surface area contributed by atoms with Gasteiger partial charge in [-0.05, 0) is 61.6 Å². The molecule has 1 aromatic rings. The minimum Gasteiger partial charge on any atom is -0.451 e. The highest BCUT2D eigenvalue weighted by Crippen LogP contribution is 2.11. The van der Waals surface area contributed by atoms with Crippen molar-refractivity contribution in [2.45, 2.75) is 26.4 Å². The molecule has 1 rings (SSSR count). The molecule has 0 fully saturated rings. The van der Waals surface area contributed by atoms with Crippen LogP contribution in [0.1, 0.15) is 26.5 Å². The van der Waals surface area contributed by atoms with Crippen LogP contribution in [0.15, 0.2) is 22.6 Å². The van der Waals surface area contributed by atoms with Crippen LogP contribution in [0.3, 0.4) is 0 Å². The van der Waals surface area contributed by atoms with E-state index in [1.165, 1.54) is 0 Å². The maximum atomic E-state index is 11.3. The summed E-state index contributed by atoms with van der Waals surface area (Å²) in [6.45, 7) is 5.89. The molecular weight excluding hydrogens is 333 g/mol. The number of halogens is 1. The second kappa shape index (κ2) is 6.09. The normalized spacial score (nSPS) is 11.8. The first-order valence-corrected chi connectivity index (χ1v) is 6.33. The Hall–Kier alpha value is -0.980. The lowest BCUT2D eigenvalue weighted by Crippen LogP contribution is -2.32. The standard InChI is InChI=1S/C12H16INO3/c1-12(2,3)17-11(15)14-8-4-5-9-6-7-10(13)16-9/h4-7H,8H2,1-3H3,(H,14,15). The Morgan fingerprint density at radius 1 is 1.53 bits per heavy atom. The summed E-state index contributed by atoms with van der Waals surface area (Å²) in [5.41, 5.74) is -0.467. The number of amides is 1. The molecule has 1 amide bonds. The molecule has 94 valence electrons. The molecule has 0 radical (unpaired) electrons. The second-order valence-electron chi connectivity index (χ2n) is 4.43. The van der Waals surface area contributed by atoms with E-state index < -0.39 is 11.7 Å². The van der Waals surface area contributed by atoms with Crippen molar-refractivity contribution < 1.29 is 13.9 Å². The molecule has 1 N–H and O–H groups in total. The number of alkyl carbamates (subject to hydrolysis) is 1. The lowest BCUT2D eigenvalue weighted by atomic mass is 10.2. The van der Waals surface area contributed by atoms with E-state index in [1.807, 2.05) is 32.9 Å². The highest BCUT2D eigenvalue weighted by Gasteiger charge is 2.14. The van der Waals surface area contributed by atoms with E-state index >= 15 is 0 Å². The second-order valence-corrected chi connectivity index (χ2v) is 5.49. The van der Waals surface area contributed by atoms with Crippen molar-refractivity contribution >= 4 is 34.8 Å². The summed E-state index contributed by atoms with van der Waals surface area (Å²) >= 11 is 2.10. The van der Waals surface area contributed by atoms with E-state index in [4.69, 9.17) is 9.15 Å². The Bertz CT molecular complexity index is 404. The van der Waals surface area contributed by atoms with E-state index in [9.17, 15) is 4.79 Å². The third kappa shape index (κ3) is 6.35. The van der Waals surface area contributed by atoms with Crippen molar-refractivity contribution in [3.8, 4) is 0 Å². The lowest BCUT2D eigenvalue weighted by molar-refractivity contribution is 0.0534. The number of carbonyl (C=O) groups excluding carboxylic acids is 1. The average molecular weight is 349 g/mol. The number of hydrogen-bond acceptors (Lipinski definition) is 3. The molecule has 0 unspecified atom stereocenters. The van der Waals surface area contributed by atoms with Crippen molar-refractivity contribution in [1.82, 2.24) is 5.32 Å². The summed E-state index contributed by atoms with van der Waals surface area (Å²) < 4.78 is 11.2. The van der Waals surface area contributed by atoms with E-state index in [0.717, 1.165) is 9.53 Å². The van der Waals surface area contributed by atoms with E-state index in [1.54, 1.807) is 12.2 Å². The smallest absolute Gasteiger partial charge is 0.407 e. The average Bonchev–Trinajstić information content (AvgIpc) is 2.56. The largest absolute Gasteiger partial charge is 0.451 e. The molecule has 0 atom stereocenters. The molecule has 4 nitrogen and oxygen atoms in total. The van der Waals surface area contributed by atoms with E-state index in [-0.39, 0.29) is 0 Å². The first-order chi connectivity index (χ1) is 7.87. The molecular formula is C12H16INO3. The van der Waals surface area contributed by atoms with Gasteiger partial charge in [-0.2, -0.15) is 0 Å². The van der Waals surface area contributed by atoms with Gasteiger partial charge in [0.2, 0.25) is 0 Å². The Balaban J connectivity index is 2.28. The molecule has 0 saturated carbocycles. The molecule has 0 aliphatic rings. The topological polar surface area (TPSA) is 51.5 Å². The van der Waals surface area contributed by atoms with Gasteiger partial charge in [0.1, 0.15) is 11.4 Å². The fourth-order valence-electron chi connectivity index (χ4n) is 1.05. The van der Waals surface area contributed by atoms with Crippen LogP contribution in [0, 0.1) is 3.77 Å². The van der Waals surface area contributed by atoms with Gasteiger partial charge >= 0.3 is 6.09 Å². The predicted molar refractivity (Wildman–Crippen MR) is 74.7 cm³/mol. The van der Waals surface area contributed by atoms with Crippen LogP contribution in [0.4, 0.5) is 4.79 Å². The van der Waals surface area contributed by atoms with Gasteiger partial charge in [0.05, 0.1) is 0 Å². The molecule has 0 aliphatic carbocycles. The number of hydrogen-bond donors (Lipinski definition) is 1. The van der Waals surface area contributed by atoms with Gasteiger partial charge in [-0.3, -0.25) is 0 Å². The molecule has 1 heterocycles. The van der Waals surface area contributed by atoms with Crippen LogP contribution in [0.25, 0.3) is 6.08 Å². The van der Waals surface area contributed by atoms with Gasteiger partial charge in [0, 0.05) is 6.54 Å². The molecule has 1 aromatic heterocycles. The monoisotopic (exact) mass is 349 g/mol. The Kier molecular flexibility index (Phi) is 5.04. The zero-order valence-electron chi connectivity index (χ0n) is 10.1. The third-order valence-electron chi connectivity index (χ3n) is 1.64. The van der Waals surface area contributed by atoms with Gasteiger partial charge in [-0.25, -0.2) is 4.79 Å². The fourth-order valence-corrected chi connectivity index (χ4v) is 1.48. The first-order valence-electron chi connectivity index (χ1n) is 5.25. The molecule has 5 heteroatoms. The fraction of sp³-hybridized carbons (Fsp3) is 0.417. The highest BCUT2D eigenvalue weighted by molar-refractivity contribution is 14.1. The highest BCUT2D eigenvalue weighted by atomic mass is 127. The molecule has 17 heavy (non-hydrogen) atoms. The van der Waals surface area contributed by atoms with Gasteiger partial charge in [-0.1, -0.05) is 6.08 Å². The predicted octanol–water partition coefficient (Wildman–Crippen LogP) is 3.42. The molecule has 0 spiro atoms. The number of furan rings is 1. The minimum atomic E-state index is -0.467. The van der Waals surface area contributed by atoms with Crippen molar-refractivity contribution in [1.29, 1.82) is 0 Å². The minimum absolute atomic E-state index is 0.409. The van der Waals surface area contributed by atoms with Crippen LogP contribution >= 0.6 is 22.6 Å². The zero-order chi connectivity index (χ0) is 12.9. The summed E-state index contributed by atoms with van der Waals surface area (Å²) in [7, 11) is 0. The first kappa shape index (κ1) is 14.1. The maximum Gasteiger partial charge on any atom is 0.407 e. The summed E-state index contributed by atoms with van der Waals surface area (Å²) in [6, 6.07) is 3.74. The van der Waals surface area contributed by atoms with Gasteiger partial charge in [-0.15, -0.1) is 0 Å². The summed E-state index contributed by atoms with van der Waals surface area (Å²) in [5.74, 6) is 0.764. The lowest BCUT2D eigenvalue weighted by Gasteiger charge is -2.19. The molecule has 0 aliphatic heterocycles. The number of carbonyl (C=O) groups is 1. The number of rotatable bonds is 3. The molecule has 0 bridgehead atoms. The Labute approximate surface area is 115 Å². The van der Waals surface area contributed by atoms with E-state index in [2.05, 4.69) is 27.9 Å². The van der Waals surface area contributed by atoms with Crippen LogP contribution in [-0.2, 0) is 4.74 Å². The summed E-state index contributed by atoms with van der Waals surface area (Å²) in [4.78, 5) is 11.3. The molecule has 0 saturated heterocycles. The van der Waals surface area contributed by atoms with Crippen LogP contribution in [0.2, 0.25) is 0 Å². The van der Waals surface area contributed by atoms with Crippen LogP contribution < -0.4 is 5.32 Å². The third-order valence-corrected chi connectivity index (χ3v) is 2.22. The summed E-state index contributed by atoms with van der Waals surface area (Å²) in [5, 5.41) is 2.62. The Morgan fingerprint density at radius 2 is 2.24 bits per heavy atom. The van der Waals surface area contributed by atoms with E-state index in [0.29, 0.717) is 6.54 Å². The SMILES string of the molecule is CC(C)(C)OC(=O)NCC=Cc1ccc(I)o1. The zero-order valence-corrected chi connectivity index (χ0v) is 12.3. The quantitative estimate of drug-likeness (QED) is 0.851. The molecule has 0 aromatic carbocycles. The van der Waals surface area contributed by atoms with Crippen LogP contribution in [-0.4, -0.2) is 18.2 Å². The van der Waals surface area contributed by atoms with Crippen molar-refractivity contribution in [3.63, 3.8) is 0 Å². The van der Waals surface area contributed by atoms with Gasteiger partial charge < -0.3 is 14.5 Å². The Morgan fingerprint density at radius 3 is 2.76 bits per heavy atom. The maximum absolute atomic E-state index is 11.3. The number of nitrogens with one attached hydrogen (secondary N) is 1. The summed E-state index contributed by atoms with van der Waals surface area (Å²) in [6.07, 6.45) is 3.19. The van der Waals surface area contributed by atoms with Crippen LogP contribution in [0.5, 0.6) is 0 Å². The van der Waals surface area contributed by atoms with Crippen molar-refractivity contribution in [3.05, 3.63) is 27.7 Å². The number of ether oxygens (including phenoxy) is 1. The van der Waals surface area contributed by atoms with Gasteiger partial charge in [0.15, 0.2) is 3.77 Å².